The lowest BCUT2D eigenvalue weighted by Crippen LogP contribution is -2.47. The number of aliphatic hydroxyl groups is 1. The molecule has 28 heavy (non-hydrogen) atoms. The summed E-state index contributed by atoms with van der Waals surface area (Å²) in [4.78, 5) is 4.18. The van der Waals surface area contributed by atoms with Crippen molar-refractivity contribution in [2.75, 3.05) is 15.8 Å². The largest absolute Gasteiger partial charge is 0.390 e. The number of anilines is 1. The molecule has 1 fully saturated rings. The molecule has 1 aliphatic heterocycles. The van der Waals surface area contributed by atoms with E-state index in [1.807, 2.05) is 0 Å². The van der Waals surface area contributed by atoms with Gasteiger partial charge in [-0.2, -0.15) is 0 Å². The molecule has 0 unspecified atom stereocenters. The minimum absolute atomic E-state index is 0.0362. The fourth-order valence-electron chi connectivity index (χ4n) is 3.51. The highest BCUT2D eigenvalue weighted by Crippen LogP contribution is 2.33. The second-order valence-electron chi connectivity index (χ2n) is 6.68. The number of para-hydroxylation sites is 2. The average molecular weight is 418 g/mol. The highest BCUT2D eigenvalue weighted by Gasteiger charge is 2.45. The van der Waals surface area contributed by atoms with Crippen molar-refractivity contribution >= 4 is 36.5 Å². The van der Waals surface area contributed by atoms with Crippen LogP contribution < -0.4 is 4.31 Å². The molecular weight excluding hydrogens is 400 g/mol. The lowest BCUT2D eigenvalue weighted by atomic mass is 10.2. The lowest BCUT2D eigenvalue weighted by molar-refractivity contribution is 0.184. The van der Waals surface area contributed by atoms with Gasteiger partial charge in [0.15, 0.2) is 9.84 Å². The van der Waals surface area contributed by atoms with Gasteiger partial charge in [-0.05, 0) is 24.3 Å². The highest BCUT2D eigenvalue weighted by atomic mass is 32.2. The SMILES string of the molecule is O=S1(=O)C[C@H](O)[C@@H](N(c2ccccc2)S(=O)(=O)c2cccc3cccnc23)C1. The van der Waals surface area contributed by atoms with E-state index in [9.17, 15) is 21.9 Å². The summed E-state index contributed by atoms with van der Waals surface area (Å²) in [5.74, 6) is -0.912. The summed E-state index contributed by atoms with van der Waals surface area (Å²) in [6.45, 7) is 0. The van der Waals surface area contributed by atoms with E-state index in [-0.39, 0.29) is 10.6 Å². The molecule has 0 saturated carbocycles. The number of fused-ring (bicyclic) bond motifs is 1. The van der Waals surface area contributed by atoms with Gasteiger partial charge in [0, 0.05) is 11.6 Å². The number of nitrogens with zero attached hydrogens (tertiary/aromatic N) is 2. The van der Waals surface area contributed by atoms with Crippen LogP contribution in [0.5, 0.6) is 0 Å². The Morgan fingerprint density at radius 1 is 0.964 bits per heavy atom. The first-order valence-electron chi connectivity index (χ1n) is 8.61. The van der Waals surface area contributed by atoms with E-state index in [0.717, 1.165) is 4.31 Å². The Morgan fingerprint density at radius 3 is 2.36 bits per heavy atom. The molecule has 0 radical (unpaired) electrons. The third kappa shape index (κ3) is 3.25. The Balaban J connectivity index is 1.94. The first kappa shape index (κ1) is 18.9. The van der Waals surface area contributed by atoms with E-state index in [0.29, 0.717) is 10.9 Å². The summed E-state index contributed by atoms with van der Waals surface area (Å²) in [5, 5.41) is 11.0. The fourth-order valence-corrected chi connectivity index (χ4v) is 7.22. The molecule has 2 heterocycles. The van der Waals surface area contributed by atoms with Gasteiger partial charge in [-0.25, -0.2) is 16.8 Å². The molecule has 0 amide bonds. The van der Waals surface area contributed by atoms with Crippen LogP contribution in [0.1, 0.15) is 0 Å². The molecule has 0 aliphatic carbocycles. The van der Waals surface area contributed by atoms with Crippen LogP contribution in [-0.4, -0.2) is 50.6 Å². The number of aliphatic hydroxyl groups excluding tert-OH is 1. The molecule has 4 rings (SSSR count). The number of benzene rings is 2. The highest BCUT2D eigenvalue weighted by molar-refractivity contribution is 7.93. The topological polar surface area (TPSA) is 105 Å². The van der Waals surface area contributed by atoms with Crippen LogP contribution in [0.3, 0.4) is 0 Å². The number of pyridine rings is 1. The zero-order valence-electron chi connectivity index (χ0n) is 14.7. The van der Waals surface area contributed by atoms with Crippen molar-refractivity contribution in [3.8, 4) is 0 Å². The number of sulfonamides is 1. The summed E-state index contributed by atoms with van der Waals surface area (Å²) in [6.07, 6.45) is 0.186. The summed E-state index contributed by atoms with van der Waals surface area (Å²) < 4.78 is 52.5. The Kier molecular flexibility index (Phi) is 4.60. The molecule has 7 nitrogen and oxygen atoms in total. The molecule has 146 valence electrons. The van der Waals surface area contributed by atoms with E-state index >= 15 is 0 Å². The van der Waals surface area contributed by atoms with Crippen molar-refractivity contribution in [1.29, 1.82) is 0 Å². The second-order valence-corrected chi connectivity index (χ2v) is 10.6. The fraction of sp³-hybridized carbons (Fsp3) is 0.211. The maximum absolute atomic E-state index is 13.7. The molecule has 3 aromatic rings. The number of rotatable bonds is 4. The zero-order chi connectivity index (χ0) is 19.9. The quantitative estimate of drug-likeness (QED) is 0.690. The molecule has 2 aromatic carbocycles. The van der Waals surface area contributed by atoms with Crippen LogP contribution in [-0.2, 0) is 19.9 Å². The molecule has 2 atom stereocenters. The first-order chi connectivity index (χ1) is 13.3. The van der Waals surface area contributed by atoms with Gasteiger partial charge in [-0.3, -0.25) is 9.29 Å². The molecule has 1 saturated heterocycles. The standard InChI is InChI=1S/C19H18N2O5S2/c22-17-13-27(23,24)12-16(17)21(15-8-2-1-3-9-15)28(25,26)18-10-4-6-14-7-5-11-20-19(14)18/h1-11,16-17,22H,12-13H2/t16-,17-/m0/s1. The Bertz CT molecular complexity index is 1220. The Labute approximate surface area is 163 Å². The predicted octanol–water partition coefficient (Wildman–Crippen LogP) is 1.59. The van der Waals surface area contributed by atoms with E-state index in [4.69, 9.17) is 0 Å². The number of sulfone groups is 1. The van der Waals surface area contributed by atoms with E-state index < -0.39 is 43.5 Å². The smallest absolute Gasteiger partial charge is 0.266 e. The van der Waals surface area contributed by atoms with Gasteiger partial charge in [-0.1, -0.05) is 36.4 Å². The summed E-state index contributed by atoms with van der Waals surface area (Å²) in [7, 11) is -7.76. The summed E-state index contributed by atoms with van der Waals surface area (Å²) in [5.41, 5.74) is 0.581. The third-order valence-electron chi connectivity index (χ3n) is 4.74. The van der Waals surface area contributed by atoms with Gasteiger partial charge in [0.2, 0.25) is 0 Å². The molecule has 0 bridgehead atoms. The van der Waals surface area contributed by atoms with Crippen LogP contribution in [0.4, 0.5) is 5.69 Å². The number of hydrogen-bond donors (Lipinski definition) is 1. The van der Waals surface area contributed by atoms with Crippen LogP contribution in [0.15, 0.2) is 71.8 Å². The summed E-state index contributed by atoms with van der Waals surface area (Å²) in [6, 6.07) is 15.4. The first-order valence-corrected chi connectivity index (χ1v) is 11.9. The predicted molar refractivity (Wildman–Crippen MR) is 106 cm³/mol. The normalized spacial score (nSPS) is 21.6. The minimum Gasteiger partial charge on any atom is -0.390 e. The average Bonchev–Trinajstić information content (AvgIpc) is 2.94. The van der Waals surface area contributed by atoms with Gasteiger partial charge >= 0.3 is 0 Å². The molecule has 1 aromatic heterocycles. The Morgan fingerprint density at radius 2 is 1.68 bits per heavy atom. The van der Waals surface area contributed by atoms with Gasteiger partial charge in [0.1, 0.15) is 4.90 Å². The minimum atomic E-state index is -4.20. The van der Waals surface area contributed by atoms with Crippen molar-refractivity contribution in [1.82, 2.24) is 4.98 Å². The molecule has 0 spiro atoms. The van der Waals surface area contributed by atoms with Crippen molar-refractivity contribution in [2.45, 2.75) is 17.0 Å². The van der Waals surface area contributed by atoms with Gasteiger partial charge in [0.25, 0.3) is 10.0 Å². The maximum Gasteiger partial charge on any atom is 0.266 e. The van der Waals surface area contributed by atoms with Crippen molar-refractivity contribution < 1.29 is 21.9 Å². The lowest BCUT2D eigenvalue weighted by Gasteiger charge is -2.31. The maximum atomic E-state index is 13.7. The van der Waals surface area contributed by atoms with Crippen molar-refractivity contribution in [3.63, 3.8) is 0 Å². The number of hydrogen-bond acceptors (Lipinski definition) is 6. The van der Waals surface area contributed by atoms with E-state index in [1.165, 1.54) is 12.3 Å². The van der Waals surface area contributed by atoms with E-state index in [1.54, 1.807) is 54.6 Å². The zero-order valence-corrected chi connectivity index (χ0v) is 16.3. The monoisotopic (exact) mass is 418 g/mol. The molecular formula is C19H18N2O5S2. The van der Waals surface area contributed by atoms with Crippen LogP contribution in [0.2, 0.25) is 0 Å². The Hall–Kier alpha value is -2.49. The van der Waals surface area contributed by atoms with Gasteiger partial charge < -0.3 is 5.11 Å². The van der Waals surface area contributed by atoms with Crippen LogP contribution in [0, 0.1) is 0 Å². The van der Waals surface area contributed by atoms with Crippen molar-refractivity contribution in [3.05, 3.63) is 66.9 Å². The number of aromatic nitrogens is 1. The van der Waals surface area contributed by atoms with E-state index in [2.05, 4.69) is 4.98 Å². The van der Waals surface area contributed by atoms with Gasteiger partial charge in [-0.15, -0.1) is 0 Å². The molecule has 1 aliphatic rings. The van der Waals surface area contributed by atoms with Crippen LogP contribution >= 0.6 is 0 Å². The second kappa shape index (κ2) is 6.84. The molecule has 1 N–H and O–H groups in total. The summed E-state index contributed by atoms with van der Waals surface area (Å²) >= 11 is 0. The molecule has 9 heteroatoms. The van der Waals surface area contributed by atoms with Crippen molar-refractivity contribution in [2.24, 2.45) is 0 Å². The van der Waals surface area contributed by atoms with Crippen LogP contribution in [0.25, 0.3) is 10.9 Å². The van der Waals surface area contributed by atoms with Gasteiger partial charge in [0.05, 0.1) is 34.9 Å². The third-order valence-corrected chi connectivity index (χ3v) is 8.32.